The average molecular weight is 933 g/mol. The number of carbonyl (C=O) groups is 8. The maximum atomic E-state index is 13.9. The summed E-state index contributed by atoms with van der Waals surface area (Å²) in [6.07, 6.45) is 2.38. The van der Waals surface area contributed by atoms with Crippen LogP contribution in [0, 0.1) is 11.8 Å². The van der Waals surface area contributed by atoms with Crippen molar-refractivity contribution < 1.29 is 53.7 Å². The lowest BCUT2D eigenvalue weighted by Crippen LogP contribution is -2.61. The zero-order chi connectivity index (χ0) is 49.5. The number of benzene rings is 1. The number of carbonyl (C=O) groups excluding carboxylic acids is 7. The Kier molecular flexibility index (Phi) is 24.4. The minimum absolute atomic E-state index is 0.00374. The number of aromatic hydroxyl groups is 1. The molecule has 1 aliphatic heterocycles. The van der Waals surface area contributed by atoms with Gasteiger partial charge in [-0.1, -0.05) is 46.2 Å². The lowest BCUT2D eigenvalue weighted by Gasteiger charge is -2.30. The number of carboxylic acids is 1. The molecule has 2 rings (SSSR count). The highest BCUT2D eigenvalue weighted by Crippen LogP contribution is 2.21. The smallest absolute Gasteiger partial charge is 0.326 e. The number of hydrogen-bond acceptors (Lipinski definition) is 13. The number of likely N-dealkylation sites (tertiary alicyclic amines) is 1. The van der Waals surface area contributed by atoms with Crippen LogP contribution in [-0.2, 0) is 44.8 Å². The van der Waals surface area contributed by atoms with Crippen molar-refractivity contribution in [2.45, 2.75) is 134 Å². The van der Waals surface area contributed by atoms with E-state index in [1.807, 2.05) is 0 Å². The fourth-order valence-corrected chi connectivity index (χ4v) is 7.27. The molecule has 66 heavy (non-hydrogen) atoms. The zero-order valence-electron chi connectivity index (χ0n) is 38.4. The Hall–Kier alpha value is -6.07. The van der Waals surface area contributed by atoms with Crippen LogP contribution >= 0.6 is 0 Å². The van der Waals surface area contributed by atoms with Crippen LogP contribution in [0.15, 0.2) is 29.3 Å². The van der Waals surface area contributed by atoms with Crippen molar-refractivity contribution in [1.82, 2.24) is 36.8 Å². The highest BCUT2D eigenvalue weighted by atomic mass is 16.4. The Labute approximate surface area is 385 Å². The minimum Gasteiger partial charge on any atom is -0.508 e. The Bertz CT molecular complexity index is 1810. The van der Waals surface area contributed by atoms with Gasteiger partial charge in [-0.3, -0.25) is 38.6 Å². The Balaban J connectivity index is 2.26. The number of nitrogens with two attached hydrogens (primary N) is 4. The first-order valence-electron chi connectivity index (χ1n) is 22.4. The Morgan fingerprint density at radius 1 is 0.773 bits per heavy atom. The van der Waals surface area contributed by atoms with Crippen LogP contribution < -0.4 is 54.8 Å². The third kappa shape index (κ3) is 18.8. The number of hydrogen-bond donors (Lipinski definition) is 13. The van der Waals surface area contributed by atoms with E-state index in [4.69, 9.17) is 22.9 Å². The molecule has 0 unspecified atom stereocenters. The number of guanidine groups is 1. The van der Waals surface area contributed by atoms with Gasteiger partial charge in [0.1, 0.15) is 48.0 Å². The molecule has 1 saturated heterocycles. The molecule has 0 aliphatic carbocycles. The normalized spacial score (nSPS) is 16.6. The molecule has 1 heterocycles. The van der Waals surface area contributed by atoms with E-state index >= 15 is 0 Å². The average Bonchev–Trinajstić information content (AvgIpc) is 3.77. The van der Waals surface area contributed by atoms with E-state index in [1.165, 1.54) is 17.0 Å². The predicted molar refractivity (Wildman–Crippen MR) is 244 cm³/mol. The van der Waals surface area contributed by atoms with Gasteiger partial charge in [0.2, 0.25) is 41.4 Å². The Morgan fingerprint density at radius 3 is 1.95 bits per heavy atom. The molecule has 23 nitrogen and oxygen atoms in total. The number of rotatable bonds is 29. The molecule has 0 spiro atoms. The lowest BCUT2D eigenvalue weighted by atomic mass is 9.96. The van der Waals surface area contributed by atoms with Crippen LogP contribution in [0.2, 0.25) is 0 Å². The van der Waals surface area contributed by atoms with Gasteiger partial charge in [-0.25, -0.2) is 4.79 Å². The molecule has 0 aromatic heterocycles. The summed E-state index contributed by atoms with van der Waals surface area (Å²) in [6.45, 7) is 6.34. The van der Waals surface area contributed by atoms with Crippen molar-refractivity contribution in [1.29, 1.82) is 0 Å². The largest absolute Gasteiger partial charge is 0.508 e. The van der Waals surface area contributed by atoms with Crippen LogP contribution in [0.4, 0.5) is 0 Å². The summed E-state index contributed by atoms with van der Waals surface area (Å²) in [5.74, 6) is -7.25. The van der Waals surface area contributed by atoms with Gasteiger partial charge in [0.25, 0.3) is 0 Å². The van der Waals surface area contributed by atoms with E-state index < -0.39 is 102 Å². The summed E-state index contributed by atoms with van der Waals surface area (Å²) in [4.78, 5) is 112. The molecule has 1 fully saturated rings. The second-order valence-electron chi connectivity index (χ2n) is 16.9. The molecule has 370 valence electrons. The lowest BCUT2D eigenvalue weighted by molar-refractivity contribution is -0.142. The highest BCUT2D eigenvalue weighted by molar-refractivity contribution is 5.97. The van der Waals surface area contributed by atoms with Crippen LogP contribution in [0.1, 0.15) is 91.0 Å². The molecule has 0 saturated carbocycles. The molecule has 0 radical (unpaired) electrons. The van der Waals surface area contributed by atoms with Crippen molar-refractivity contribution in [2.24, 2.45) is 39.8 Å². The van der Waals surface area contributed by atoms with Gasteiger partial charge in [-0.2, -0.15) is 0 Å². The topological polar surface area (TPSA) is 389 Å². The van der Waals surface area contributed by atoms with Gasteiger partial charge < -0.3 is 75.1 Å². The van der Waals surface area contributed by atoms with Crippen molar-refractivity contribution in [3.8, 4) is 5.75 Å². The molecule has 0 bridgehead atoms. The van der Waals surface area contributed by atoms with E-state index in [2.05, 4.69) is 36.9 Å². The number of nitrogens with one attached hydrogen (secondary N) is 6. The molecular formula is C43H72N12O11. The van der Waals surface area contributed by atoms with Crippen molar-refractivity contribution >= 4 is 53.3 Å². The molecule has 7 amide bonds. The van der Waals surface area contributed by atoms with Crippen molar-refractivity contribution in [3.05, 3.63) is 29.8 Å². The van der Waals surface area contributed by atoms with Crippen molar-refractivity contribution in [2.75, 3.05) is 32.8 Å². The monoisotopic (exact) mass is 933 g/mol. The summed E-state index contributed by atoms with van der Waals surface area (Å²) in [6, 6.07) is -2.72. The number of aliphatic hydroxyl groups is 1. The molecular weight excluding hydrogens is 861 g/mol. The summed E-state index contributed by atoms with van der Waals surface area (Å²) >= 11 is 0. The molecule has 8 atom stereocenters. The first-order chi connectivity index (χ1) is 31.3. The quantitative estimate of drug-likeness (QED) is 0.0218. The maximum absolute atomic E-state index is 13.9. The van der Waals surface area contributed by atoms with Crippen LogP contribution in [0.25, 0.3) is 0 Å². The fraction of sp³-hybridized carbons (Fsp3) is 0.651. The summed E-state index contributed by atoms with van der Waals surface area (Å²) in [5.41, 5.74) is 22.5. The van der Waals surface area contributed by atoms with E-state index in [-0.39, 0.29) is 82.3 Å². The molecule has 1 aliphatic rings. The SMILES string of the molecule is CC[C@H](C)[C@H](NC(=O)[C@H](CO)NC(=O)[C@H](CCCCN)NC(=O)[C@@H]1CCCN1C(=O)[C@H](Cc1ccc(O)cc1)NC(=O)CN)C(=O)N[C@@H](CC(C)C)C(=O)N[C@@H](CCCN=C(N)N)C(=O)O. The second-order valence-corrected chi connectivity index (χ2v) is 16.9. The second kappa shape index (κ2) is 28.8. The van der Waals surface area contributed by atoms with Crippen molar-refractivity contribution in [3.63, 3.8) is 0 Å². The first kappa shape index (κ1) is 56.1. The number of nitrogens with zero attached hydrogens (tertiary/aromatic N) is 2. The number of phenolic OH excluding ortho intramolecular Hbond substituents is 1. The standard InChI is InChI=1S/C43H72N12O11/c1-5-25(4)35(40(63)52-30(20-24(2)3)37(60)51-29(42(65)66)11-8-18-48-43(46)47)54-38(61)32(23-56)53-36(59)28(10-6-7-17-44)50-39(62)33-12-9-19-55(33)41(64)31(49-34(58)22-45)21-26-13-15-27(57)16-14-26/h13-16,24-25,28-33,35,56-57H,5-12,17-23,44-45H2,1-4H3,(H,49,58)(H,50,62)(H,51,60)(H,52,63)(H,53,59)(H,54,61)(H,65,66)(H4,46,47,48)/t25-,28-,29-,30-,31-,32-,33-,35-/m0/s1. The number of aliphatic hydroxyl groups excluding tert-OH is 1. The van der Waals surface area contributed by atoms with E-state index in [0.29, 0.717) is 31.2 Å². The van der Waals surface area contributed by atoms with Crippen LogP contribution in [0.5, 0.6) is 5.75 Å². The summed E-state index contributed by atoms with van der Waals surface area (Å²) in [7, 11) is 0. The van der Waals surface area contributed by atoms with Crippen LogP contribution in [0.3, 0.4) is 0 Å². The number of carboxylic acid groups (broad SMARTS) is 1. The molecule has 1 aromatic rings. The maximum Gasteiger partial charge on any atom is 0.326 e. The predicted octanol–water partition coefficient (Wildman–Crippen LogP) is -2.86. The summed E-state index contributed by atoms with van der Waals surface area (Å²) in [5, 5.41) is 45.3. The Morgan fingerprint density at radius 2 is 1.38 bits per heavy atom. The van der Waals surface area contributed by atoms with Gasteiger partial charge in [0, 0.05) is 19.5 Å². The van der Waals surface area contributed by atoms with E-state index in [1.54, 1.807) is 39.8 Å². The fourth-order valence-electron chi connectivity index (χ4n) is 7.27. The number of aliphatic carboxylic acids is 1. The highest BCUT2D eigenvalue weighted by Gasteiger charge is 2.40. The number of phenols is 1. The van der Waals surface area contributed by atoms with E-state index in [9.17, 15) is 53.7 Å². The molecule has 23 heteroatoms. The molecule has 17 N–H and O–H groups in total. The van der Waals surface area contributed by atoms with Gasteiger partial charge in [0.05, 0.1) is 13.2 Å². The van der Waals surface area contributed by atoms with Crippen LogP contribution in [-0.4, -0.2) is 149 Å². The number of amides is 7. The minimum atomic E-state index is -1.60. The third-order valence-electron chi connectivity index (χ3n) is 11.1. The van der Waals surface area contributed by atoms with Gasteiger partial charge in [-0.05, 0) is 87.4 Å². The number of unbranched alkanes of at least 4 members (excludes halogenated alkanes) is 1. The van der Waals surface area contributed by atoms with Gasteiger partial charge >= 0.3 is 5.97 Å². The molecule has 1 aromatic carbocycles. The zero-order valence-corrected chi connectivity index (χ0v) is 38.4. The summed E-state index contributed by atoms with van der Waals surface area (Å²) < 4.78 is 0. The van der Waals surface area contributed by atoms with E-state index in [0.717, 1.165) is 0 Å². The van der Waals surface area contributed by atoms with Gasteiger partial charge in [-0.15, -0.1) is 0 Å². The first-order valence-corrected chi connectivity index (χ1v) is 22.4. The number of aliphatic imine (C=N–C) groups is 1. The third-order valence-corrected chi connectivity index (χ3v) is 11.1. The van der Waals surface area contributed by atoms with Gasteiger partial charge in [0.15, 0.2) is 5.96 Å².